The van der Waals surface area contributed by atoms with Crippen molar-refractivity contribution >= 4 is 17.9 Å². The number of esters is 3. The van der Waals surface area contributed by atoms with Crippen LogP contribution in [0.3, 0.4) is 0 Å². The average molecular weight is 250 g/mol. The summed E-state index contributed by atoms with van der Waals surface area (Å²) in [4.78, 5) is 33.4. The summed E-state index contributed by atoms with van der Waals surface area (Å²) in [6.45, 7) is 0. The minimum atomic E-state index is -3.16. The average Bonchev–Trinajstić information content (AvgIpc) is 2.32. The molecule has 8 nitrogen and oxygen atoms in total. The number of methoxy groups -OCH3 is 3. The van der Waals surface area contributed by atoms with E-state index in [-0.39, 0.29) is 0 Å². The van der Waals surface area contributed by atoms with Gasteiger partial charge in [-0.05, 0) is 0 Å². The Morgan fingerprint density at radius 2 is 1.59 bits per heavy atom. The SMILES string of the molecule is COC(=O)CC(C(=O)OC)C(O)(O)C(=O)OC. The Morgan fingerprint density at radius 3 is 1.94 bits per heavy atom. The maximum absolute atomic E-state index is 11.3. The Morgan fingerprint density at radius 1 is 1.06 bits per heavy atom. The van der Waals surface area contributed by atoms with Gasteiger partial charge in [0, 0.05) is 0 Å². The molecule has 0 amide bonds. The first-order valence-electron chi connectivity index (χ1n) is 4.49. The lowest BCUT2D eigenvalue weighted by molar-refractivity contribution is -0.230. The van der Waals surface area contributed by atoms with Crippen LogP contribution < -0.4 is 0 Å². The second-order valence-electron chi connectivity index (χ2n) is 3.07. The van der Waals surface area contributed by atoms with Crippen molar-refractivity contribution in [1.29, 1.82) is 0 Å². The van der Waals surface area contributed by atoms with Crippen molar-refractivity contribution in [1.82, 2.24) is 0 Å². The van der Waals surface area contributed by atoms with E-state index in [9.17, 15) is 24.6 Å². The number of aliphatic hydroxyl groups is 2. The Balaban J connectivity index is 5.10. The molecule has 0 aliphatic heterocycles. The molecule has 0 fully saturated rings. The minimum Gasteiger partial charge on any atom is -0.469 e. The highest BCUT2D eigenvalue weighted by atomic mass is 16.6. The molecule has 0 heterocycles. The third-order valence-electron chi connectivity index (χ3n) is 2.06. The summed E-state index contributed by atoms with van der Waals surface area (Å²) >= 11 is 0. The summed E-state index contributed by atoms with van der Waals surface area (Å²) in [5, 5.41) is 18.9. The molecule has 0 saturated carbocycles. The predicted molar refractivity (Wildman–Crippen MR) is 51.3 cm³/mol. The van der Waals surface area contributed by atoms with Crippen LogP contribution in [-0.4, -0.2) is 55.2 Å². The summed E-state index contributed by atoms with van der Waals surface area (Å²) < 4.78 is 12.6. The third-order valence-corrected chi connectivity index (χ3v) is 2.06. The van der Waals surface area contributed by atoms with Gasteiger partial charge in [-0.15, -0.1) is 0 Å². The molecule has 2 N–H and O–H groups in total. The van der Waals surface area contributed by atoms with Gasteiger partial charge in [-0.25, -0.2) is 4.79 Å². The third kappa shape index (κ3) is 3.68. The van der Waals surface area contributed by atoms with Crippen molar-refractivity contribution in [3.05, 3.63) is 0 Å². The summed E-state index contributed by atoms with van der Waals surface area (Å²) in [5.41, 5.74) is 0. The Labute approximate surface area is 97.1 Å². The molecular weight excluding hydrogens is 236 g/mol. The van der Waals surface area contributed by atoms with Crippen LogP contribution in [0.5, 0.6) is 0 Å². The molecule has 0 bridgehead atoms. The topological polar surface area (TPSA) is 119 Å². The van der Waals surface area contributed by atoms with Gasteiger partial charge < -0.3 is 24.4 Å². The van der Waals surface area contributed by atoms with Gasteiger partial charge in [0.15, 0.2) is 0 Å². The summed E-state index contributed by atoms with van der Waals surface area (Å²) in [7, 11) is 2.92. The van der Waals surface area contributed by atoms with Crippen molar-refractivity contribution in [3.8, 4) is 0 Å². The molecule has 0 spiro atoms. The highest BCUT2D eigenvalue weighted by Crippen LogP contribution is 2.22. The van der Waals surface area contributed by atoms with E-state index < -0.39 is 36.0 Å². The van der Waals surface area contributed by atoms with E-state index in [2.05, 4.69) is 14.2 Å². The molecule has 0 aromatic rings. The normalized spacial score (nSPS) is 12.5. The van der Waals surface area contributed by atoms with Crippen LogP contribution in [0, 0.1) is 5.92 Å². The lowest BCUT2D eigenvalue weighted by Crippen LogP contribution is -2.51. The van der Waals surface area contributed by atoms with E-state index >= 15 is 0 Å². The van der Waals surface area contributed by atoms with Gasteiger partial charge in [-0.2, -0.15) is 0 Å². The number of carbonyl (C=O) groups excluding carboxylic acids is 3. The van der Waals surface area contributed by atoms with E-state index in [4.69, 9.17) is 0 Å². The van der Waals surface area contributed by atoms with E-state index in [1.165, 1.54) is 0 Å². The molecule has 0 aliphatic carbocycles. The van der Waals surface area contributed by atoms with Crippen LogP contribution in [0.15, 0.2) is 0 Å². The molecule has 8 heteroatoms. The highest BCUT2D eigenvalue weighted by molar-refractivity contribution is 5.88. The predicted octanol–water partition coefficient (Wildman–Crippen LogP) is -1.81. The number of hydrogen-bond acceptors (Lipinski definition) is 8. The maximum atomic E-state index is 11.3. The standard InChI is InChI=1S/C9H14O8/c1-15-6(10)4-5(7(11)16-2)9(13,14)8(12)17-3/h5,13-14H,4H2,1-3H3. The Bertz CT molecular complexity index is 308. The second kappa shape index (κ2) is 6.16. The molecular formula is C9H14O8. The largest absolute Gasteiger partial charge is 0.469 e. The van der Waals surface area contributed by atoms with E-state index in [0.29, 0.717) is 0 Å². The van der Waals surface area contributed by atoms with Gasteiger partial charge in [0.2, 0.25) is 0 Å². The maximum Gasteiger partial charge on any atom is 0.367 e. The van der Waals surface area contributed by atoms with Gasteiger partial charge in [-0.3, -0.25) is 9.59 Å². The number of rotatable bonds is 5. The number of carbonyl (C=O) groups is 3. The number of hydrogen-bond donors (Lipinski definition) is 2. The van der Waals surface area contributed by atoms with Crippen LogP contribution in [0.2, 0.25) is 0 Å². The fourth-order valence-electron chi connectivity index (χ4n) is 1.07. The first kappa shape index (κ1) is 15.3. The van der Waals surface area contributed by atoms with Gasteiger partial charge in [0.1, 0.15) is 5.92 Å². The summed E-state index contributed by atoms with van der Waals surface area (Å²) in [5.74, 6) is -8.51. The zero-order valence-electron chi connectivity index (χ0n) is 9.63. The molecule has 1 unspecified atom stereocenters. The van der Waals surface area contributed by atoms with Crippen molar-refractivity contribution in [2.75, 3.05) is 21.3 Å². The fraction of sp³-hybridized carbons (Fsp3) is 0.667. The van der Waals surface area contributed by atoms with Crippen molar-refractivity contribution in [3.63, 3.8) is 0 Å². The molecule has 0 aromatic carbocycles. The second-order valence-corrected chi connectivity index (χ2v) is 3.07. The van der Waals surface area contributed by atoms with Crippen LogP contribution in [0.25, 0.3) is 0 Å². The molecule has 0 radical (unpaired) electrons. The molecule has 0 aliphatic rings. The zero-order valence-corrected chi connectivity index (χ0v) is 9.63. The Hall–Kier alpha value is -1.67. The number of ether oxygens (including phenoxy) is 3. The summed E-state index contributed by atoms with van der Waals surface area (Å²) in [6, 6.07) is 0. The van der Waals surface area contributed by atoms with Gasteiger partial charge >= 0.3 is 17.9 Å². The fourth-order valence-corrected chi connectivity index (χ4v) is 1.07. The molecule has 98 valence electrons. The first-order valence-corrected chi connectivity index (χ1v) is 4.49. The quantitative estimate of drug-likeness (QED) is 0.333. The zero-order chi connectivity index (χ0) is 13.6. The van der Waals surface area contributed by atoms with Crippen LogP contribution in [0.4, 0.5) is 0 Å². The lowest BCUT2D eigenvalue weighted by atomic mass is 9.95. The Kier molecular flexibility index (Phi) is 5.56. The minimum absolute atomic E-state index is 0.731. The van der Waals surface area contributed by atoms with Crippen molar-refractivity contribution < 1.29 is 38.8 Å². The van der Waals surface area contributed by atoms with Crippen molar-refractivity contribution in [2.45, 2.75) is 12.2 Å². The van der Waals surface area contributed by atoms with Crippen LogP contribution >= 0.6 is 0 Å². The van der Waals surface area contributed by atoms with Crippen LogP contribution in [-0.2, 0) is 28.6 Å². The van der Waals surface area contributed by atoms with E-state index in [0.717, 1.165) is 21.3 Å². The lowest BCUT2D eigenvalue weighted by Gasteiger charge is -2.25. The molecule has 17 heavy (non-hydrogen) atoms. The van der Waals surface area contributed by atoms with Gasteiger partial charge in [-0.1, -0.05) is 0 Å². The van der Waals surface area contributed by atoms with Crippen LogP contribution in [0.1, 0.15) is 6.42 Å². The monoisotopic (exact) mass is 250 g/mol. The first-order chi connectivity index (χ1) is 7.81. The van der Waals surface area contributed by atoms with Gasteiger partial charge in [0.25, 0.3) is 5.79 Å². The van der Waals surface area contributed by atoms with E-state index in [1.54, 1.807) is 0 Å². The smallest absolute Gasteiger partial charge is 0.367 e. The van der Waals surface area contributed by atoms with E-state index in [1.807, 2.05) is 0 Å². The van der Waals surface area contributed by atoms with Gasteiger partial charge in [0.05, 0.1) is 27.8 Å². The molecule has 0 saturated heterocycles. The highest BCUT2D eigenvalue weighted by Gasteiger charge is 2.49. The summed E-state index contributed by atoms with van der Waals surface area (Å²) in [6.07, 6.45) is -0.731. The van der Waals surface area contributed by atoms with Crippen molar-refractivity contribution in [2.24, 2.45) is 5.92 Å². The molecule has 0 rings (SSSR count). The molecule has 1 atom stereocenters. The molecule has 0 aromatic heterocycles.